The third-order valence-corrected chi connectivity index (χ3v) is 3.27. The Kier molecular flexibility index (Phi) is 3.34. The van der Waals surface area contributed by atoms with Gasteiger partial charge in [0.25, 0.3) is 0 Å². The second-order valence-corrected chi connectivity index (χ2v) is 4.68. The first-order valence-electron chi connectivity index (χ1n) is 5.96. The molecule has 7 nitrogen and oxygen atoms in total. The van der Waals surface area contributed by atoms with Crippen LogP contribution in [-0.4, -0.2) is 29.8 Å². The molecule has 0 fully saturated rings. The summed E-state index contributed by atoms with van der Waals surface area (Å²) >= 11 is 6.19. The number of aromatic nitrogens is 6. The van der Waals surface area contributed by atoms with Crippen molar-refractivity contribution in [2.75, 3.05) is 5.32 Å². The molecule has 3 aromatic rings. The normalized spacial score (nSPS) is 10.7. The molecule has 0 radical (unpaired) electrons. The average Bonchev–Trinajstić information content (AvgIpc) is 3.10. The third-order valence-electron chi connectivity index (χ3n) is 2.94. The number of halogens is 1. The summed E-state index contributed by atoms with van der Waals surface area (Å²) in [6, 6.07) is 5.56. The third kappa shape index (κ3) is 2.48. The number of aryl methyl sites for hydroxylation is 1. The van der Waals surface area contributed by atoms with Crippen LogP contribution in [0.3, 0.4) is 0 Å². The van der Waals surface area contributed by atoms with Crippen LogP contribution in [0.1, 0.15) is 5.69 Å². The van der Waals surface area contributed by atoms with E-state index in [4.69, 9.17) is 11.6 Å². The fourth-order valence-corrected chi connectivity index (χ4v) is 2.00. The van der Waals surface area contributed by atoms with E-state index >= 15 is 0 Å². The van der Waals surface area contributed by atoms with Crippen molar-refractivity contribution >= 4 is 17.3 Å². The van der Waals surface area contributed by atoms with Crippen molar-refractivity contribution in [2.45, 2.75) is 6.54 Å². The summed E-state index contributed by atoms with van der Waals surface area (Å²) in [5, 5.41) is 15.0. The SMILES string of the molecule is Cn1cncc1CNc1cc(-n2cnnn2)ccc1Cl. The Morgan fingerprint density at radius 3 is 2.90 bits per heavy atom. The van der Waals surface area contributed by atoms with Gasteiger partial charge in [-0.15, -0.1) is 5.10 Å². The molecule has 20 heavy (non-hydrogen) atoms. The maximum absolute atomic E-state index is 6.19. The van der Waals surface area contributed by atoms with Crippen molar-refractivity contribution < 1.29 is 0 Å². The summed E-state index contributed by atoms with van der Waals surface area (Å²) in [6.45, 7) is 0.634. The quantitative estimate of drug-likeness (QED) is 0.791. The molecule has 1 aromatic carbocycles. The number of rotatable bonds is 4. The molecule has 0 amide bonds. The largest absolute Gasteiger partial charge is 0.378 e. The van der Waals surface area contributed by atoms with Crippen LogP contribution in [-0.2, 0) is 13.6 Å². The van der Waals surface area contributed by atoms with Gasteiger partial charge in [0, 0.05) is 13.2 Å². The zero-order chi connectivity index (χ0) is 13.9. The Balaban J connectivity index is 1.82. The number of nitrogens with zero attached hydrogens (tertiary/aromatic N) is 6. The van der Waals surface area contributed by atoms with Gasteiger partial charge in [0.15, 0.2) is 0 Å². The molecule has 2 heterocycles. The molecule has 0 aliphatic rings. The minimum absolute atomic E-state index is 0.634. The van der Waals surface area contributed by atoms with Gasteiger partial charge in [-0.25, -0.2) is 9.67 Å². The van der Waals surface area contributed by atoms with Crippen LogP contribution in [0.4, 0.5) is 5.69 Å². The van der Waals surface area contributed by atoms with E-state index < -0.39 is 0 Å². The number of hydrogen-bond acceptors (Lipinski definition) is 5. The fraction of sp³-hybridized carbons (Fsp3) is 0.167. The van der Waals surface area contributed by atoms with Crippen LogP contribution in [0.2, 0.25) is 5.02 Å². The monoisotopic (exact) mass is 289 g/mol. The van der Waals surface area contributed by atoms with Gasteiger partial charge in [-0.1, -0.05) is 11.6 Å². The predicted octanol–water partition coefficient (Wildman–Crippen LogP) is 1.66. The van der Waals surface area contributed by atoms with Crippen LogP contribution in [0.15, 0.2) is 37.1 Å². The molecule has 0 saturated carbocycles. The standard InChI is InChI=1S/C12H12ClN7/c1-19-7-14-5-10(19)6-15-12-4-9(2-3-11(12)13)20-8-16-17-18-20/h2-5,7-8,15H,6H2,1H3. The Morgan fingerprint density at radius 1 is 1.30 bits per heavy atom. The van der Waals surface area contributed by atoms with E-state index in [0.29, 0.717) is 11.6 Å². The first kappa shape index (κ1) is 12.6. The molecule has 0 saturated heterocycles. The van der Waals surface area contributed by atoms with Crippen molar-refractivity contribution in [3.63, 3.8) is 0 Å². The molecule has 0 bridgehead atoms. The molecule has 2 aromatic heterocycles. The van der Waals surface area contributed by atoms with Crippen LogP contribution >= 0.6 is 11.6 Å². The van der Waals surface area contributed by atoms with Gasteiger partial charge >= 0.3 is 0 Å². The number of anilines is 1. The Hall–Kier alpha value is -2.41. The number of tetrazole rings is 1. The van der Waals surface area contributed by atoms with Gasteiger partial charge in [-0.2, -0.15) is 0 Å². The van der Waals surface area contributed by atoms with Crippen molar-refractivity contribution in [3.8, 4) is 5.69 Å². The molecule has 0 unspecified atom stereocenters. The molecule has 8 heteroatoms. The number of benzene rings is 1. The molecule has 0 aliphatic carbocycles. The number of nitrogens with one attached hydrogen (secondary N) is 1. The van der Waals surface area contributed by atoms with E-state index in [1.54, 1.807) is 11.0 Å². The minimum atomic E-state index is 0.634. The molecule has 102 valence electrons. The van der Waals surface area contributed by atoms with Crippen LogP contribution in [0.25, 0.3) is 5.69 Å². The highest BCUT2D eigenvalue weighted by Crippen LogP contribution is 2.24. The summed E-state index contributed by atoms with van der Waals surface area (Å²) in [4.78, 5) is 4.07. The van der Waals surface area contributed by atoms with Crippen LogP contribution < -0.4 is 5.32 Å². The lowest BCUT2D eigenvalue weighted by molar-refractivity contribution is 0.789. The molecule has 0 spiro atoms. The molecular weight excluding hydrogens is 278 g/mol. The van der Waals surface area contributed by atoms with E-state index in [-0.39, 0.29) is 0 Å². The molecule has 0 atom stereocenters. The second-order valence-electron chi connectivity index (χ2n) is 4.27. The van der Waals surface area contributed by atoms with Gasteiger partial charge < -0.3 is 9.88 Å². The van der Waals surface area contributed by atoms with E-state index in [9.17, 15) is 0 Å². The van der Waals surface area contributed by atoms with E-state index in [2.05, 4.69) is 25.8 Å². The number of imidazole rings is 1. The highest BCUT2D eigenvalue weighted by atomic mass is 35.5. The molecule has 0 aliphatic heterocycles. The summed E-state index contributed by atoms with van der Waals surface area (Å²) in [5.74, 6) is 0. The van der Waals surface area contributed by atoms with Gasteiger partial charge in [0.2, 0.25) is 0 Å². The summed E-state index contributed by atoms with van der Waals surface area (Å²) in [6.07, 6.45) is 5.11. The van der Waals surface area contributed by atoms with Gasteiger partial charge in [-0.3, -0.25) is 0 Å². The smallest absolute Gasteiger partial charge is 0.143 e. The Labute approximate surface area is 120 Å². The van der Waals surface area contributed by atoms with Crippen molar-refractivity contribution in [1.82, 2.24) is 29.8 Å². The highest BCUT2D eigenvalue weighted by Gasteiger charge is 2.05. The first-order valence-corrected chi connectivity index (χ1v) is 6.34. The summed E-state index contributed by atoms with van der Waals surface area (Å²) in [7, 11) is 1.95. The average molecular weight is 290 g/mol. The zero-order valence-electron chi connectivity index (χ0n) is 10.7. The highest BCUT2D eigenvalue weighted by molar-refractivity contribution is 6.33. The summed E-state index contributed by atoms with van der Waals surface area (Å²) < 4.78 is 3.53. The second kappa shape index (κ2) is 5.30. The van der Waals surface area contributed by atoms with Gasteiger partial charge in [0.05, 0.1) is 35.0 Å². The Bertz CT molecular complexity index is 704. The van der Waals surface area contributed by atoms with Gasteiger partial charge in [-0.05, 0) is 28.6 Å². The van der Waals surface area contributed by atoms with Gasteiger partial charge in [0.1, 0.15) is 6.33 Å². The Morgan fingerprint density at radius 2 is 2.20 bits per heavy atom. The zero-order valence-corrected chi connectivity index (χ0v) is 11.5. The first-order chi connectivity index (χ1) is 9.74. The maximum Gasteiger partial charge on any atom is 0.143 e. The lowest BCUT2D eigenvalue weighted by Crippen LogP contribution is -2.05. The van der Waals surface area contributed by atoms with E-state index in [1.807, 2.05) is 36.0 Å². The minimum Gasteiger partial charge on any atom is -0.378 e. The lowest BCUT2D eigenvalue weighted by atomic mass is 10.2. The van der Waals surface area contributed by atoms with Crippen molar-refractivity contribution in [1.29, 1.82) is 0 Å². The molecule has 1 N–H and O–H groups in total. The van der Waals surface area contributed by atoms with E-state index in [0.717, 1.165) is 17.1 Å². The van der Waals surface area contributed by atoms with Crippen molar-refractivity contribution in [2.24, 2.45) is 7.05 Å². The van der Waals surface area contributed by atoms with E-state index in [1.165, 1.54) is 6.33 Å². The summed E-state index contributed by atoms with van der Waals surface area (Å²) in [5.41, 5.74) is 2.72. The van der Waals surface area contributed by atoms with Crippen molar-refractivity contribution in [3.05, 3.63) is 47.8 Å². The maximum atomic E-state index is 6.19. The topological polar surface area (TPSA) is 73.5 Å². The van der Waals surface area contributed by atoms with Crippen LogP contribution in [0, 0.1) is 0 Å². The van der Waals surface area contributed by atoms with Crippen LogP contribution in [0.5, 0.6) is 0 Å². The lowest BCUT2D eigenvalue weighted by Gasteiger charge is -2.10. The predicted molar refractivity (Wildman–Crippen MR) is 74.7 cm³/mol. The molecule has 3 rings (SSSR count). The molecular formula is C12H12ClN7. The fourth-order valence-electron chi connectivity index (χ4n) is 1.81. The number of hydrogen-bond donors (Lipinski definition) is 1.